The fraction of sp³-hybridized carbons (Fsp3) is 0.462. The summed E-state index contributed by atoms with van der Waals surface area (Å²) in [6, 6.07) is 10.8. The molecule has 78 valence electrons. The first-order valence-corrected chi connectivity index (χ1v) is 5.78. The van der Waals surface area contributed by atoms with Crippen LogP contribution in [-0.2, 0) is 0 Å². The van der Waals surface area contributed by atoms with E-state index in [9.17, 15) is 0 Å². The molecular formula is C13H16N2. The van der Waals surface area contributed by atoms with Gasteiger partial charge in [0, 0.05) is 19.0 Å². The van der Waals surface area contributed by atoms with Gasteiger partial charge in [-0.15, -0.1) is 0 Å². The molecule has 0 amide bonds. The lowest BCUT2D eigenvalue weighted by molar-refractivity contribution is 0.718. The minimum Gasteiger partial charge on any atom is -0.374 e. The number of rotatable bonds is 2. The standard InChI is InChI=1S/C13H16N2/c1-2-5-10(6-3-1)11-9-12(11)13-14-7-4-8-15-13/h1-3,5-6,11-12H,4,7-9H2,(H,14,15). The molecule has 2 nitrogen and oxygen atoms in total. The van der Waals surface area contributed by atoms with E-state index < -0.39 is 0 Å². The number of hydrogen-bond acceptors (Lipinski definition) is 2. The first-order valence-electron chi connectivity index (χ1n) is 5.78. The molecule has 0 spiro atoms. The Labute approximate surface area is 90.4 Å². The molecule has 0 bridgehead atoms. The van der Waals surface area contributed by atoms with Crippen molar-refractivity contribution in [2.45, 2.75) is 18.8 Å². The normalized spacial score (nSPS) is 29.2. The van der Waals surface area contributed by atoms with Crippen LogP contribution >= 0.6 is 0 Å². The molecule has 1 aromatic rings. The SMILES string of the molecule is c1ccc(C2CC2C2=NCCCN2)cc1. The zero-order chi connectivity index (χ0) is 10.1. The van der Waals surface area contributed by atoms with Crippen molar-refractivity contribution in [1.29, 1.82) is 0 Å². The van der Waals surface area contributed by atoms with Crippen molar-refractivity contribution in [3.8, 4) is 0 Å². The third-order valence-electron chi connectivity index (χ3n) is 3.29. The summed E-state index contributed by atoms with van der Waals surface area (Å²) in [4.78, 5) is 4.57. The third-order valence-corrected chi connectivity index (χ3v) is 3.29. The van der Waals surface area contributed by atoms with Gasteiger partial charge >= 0.3 is 0 Å². The molecule has 2 heteroatoms. The predicted molar refractivity (Wildman–Crippen MR) is 62.2 cm³/mol. The fourth-order valence-corrected chi connectivity index (χ4v) is 2.37. The molecule has 2 aliphatic rings. The number of hydrogen-bond donors (Lipinski definition) is 1. The average molecular weight is 200 g/mol. The van der Waals surface area contributed by atoms with E-state index >= 15 is 0 Å². The second-order valence-corrected chi connectivity index (χ2v) is 4.41. The van der Waals surface area contributed by atoms with Crippen LogP contribution in [0, 0.1) is 5.92 Å². The molecule has 15 heavy (non-hydrogen) atoms. The van der Waals surface area contributed by atoms with Crippen LogP contribution in [0.5, 0.6) is 0 Å². The maximum Gasteiger partial charge on any atom is 0.100 e. The van der Waals surface area contributed by atoms with E-state index in [0.29, 0.717) is 5.92 Å². The molecule has 2 unspecified atom stereocenters. The van der Waals surface area contributed by atoms with Gasteiger partial charge in [0.05, 0.1) is 0 Å². The summed E-state index contributed by atoms with van der Waals surface area (Å²) in [6.45, 7) is 2.12. The Balaban J connectivity index is 1.71. The molecule has 1 heterocycles. The summed E-state index contributed by atoms with van der Waals surface area (Å²) in [6.07, 6.45) is 2.46. The Bertz CT molecular complexity index is 369. The van der Waals surface area contributed by atoms with Crippen LogP contribution in [0.1, 0.15) is 24.3 Å². The highest BCUT2D eigenvalue weighted by molar-refractivity contribution is 5.88. The molecule has 1 aliphatic heterocycles. The predicted octanol–water partition coefficient (Wildman–Crippen LogP) is 2.18. The second kappa shape index (κ2) is 3.69. The zero-order valence-electron chi connectivity index (χ0n) is 8.82. The van der Waals surface area contributed by atoms with Gasteiger partial charge in [0.2, 0.25) is 0 Å². The van der Waals surface area contributed by atoms with Gasteiger partial charge in [-0.2, -0.15) is 0 Å². The van der Waals surface area contributed by atoms with E-state index in [2.05, 4.69) is 40.6 Å². The van der Waals surface area contributed by atoms with Gasteiger partial charge in [0.25, 0.3) is 0 Å². The molecule has 0 saturated heterocycles. The van der Waals surface area contributed by atoms with Crippen molar-refractivity contribution in [1.82, 2.24) is 5.32 Å². The maximum atomic E-state index is 4.57. The molecule has 3 rings (SSSR count). The summed E-state index contributed by atoms with van der Waals surface area (Å²) in [5.41, 5.74) is 1.47. The summed E-state index contributed by atoms with van der Waals surface area (Å²) < 4.78 is 0. The molecule has 0 aromatic heterocycles. The number of nitrogens with zero attached hydrogens (tertiary/aromatic N) is 1. The lowest BCUT2D eigenvalue weighted by Crippen LogP contribution is -2.31. The number of benzene rings is 1. The van der Waals surface area contributed by atoms with Gasteiger partial charge in [-0.3, -0.25) is 4.99 Å². The summed E-state index contributed by atoms with van der Waals surface area (Å²) in [5, 5.41) is 3.43. The van der Waals surface area contributed by atoms with E-state index in [-0.39, 0.29) is 0 Å². The Morgan fingerprint density at radius 3 is 2.73 bits per heavy atom. The van der Waals surface area contributed by atoms with Crippen molar-refractivity contribution in [3.05, 3.63) is 35.9 Å². The molecule has 1 aliphatic carbocycles. The quantitative estimate of drug-likeness (QED) is 0.777. The monoisotopic (exact) mass is 200 g/mol. The highest BCUT2D eigenvalue weighted by atomic mass is 15.0. The summed E-state index contributed by atoms with van der Waals surface area (Å²) in [7, 11) is 0. The van der Waals surface area contributed by atoms with Gasteiger partial charge in [0.15, 0.2) is 0 Å². The summed E-state index contributed by atoms with van der Waals surface area (Å²) in [5.74, 6) is 2.65. The number of nitrogens with one attached hydrogen (secondary N) is 1. The topological polar surface area (TPSA) is 24.4 Å². The highest BCUT2D eigenvalue weighted by Gasteiger charge is 2.42. The second-order valence-electron chi connectivity index (χ2n) is 4.41. The molecule has 2 atom stereocenters. The third kappa shape index (κ3) is 1.76. The minimum atomic E-state index is 0.674. The van der Waals surface area contributed by atoms with Crippen LogP contribution in [0.2, 0.25) is 0 Å². The lowest BCUT2D eigenvalue weighted by atomic mass is 10.1. The largest absolute Gasteiger partial charge is 0.374 e. The van der Waals surface area contributed by atoms with Gasteiger partial charge in [0.1, 0.15) is 5.84 Å². The van der Waals surface area contributed by atoms with Crippen molar-refractivity contribution in [2.75, 3.05) is 13.1 Å². The van der Waals surface area contributed by atoms with Gasteiger partial charge in [-0.1, -0.05) is 30.3 Å². The van der Waals surface area contributed by atoms with E-state index in [1.165, 1.54) is 24.2 Å². The van der Waals surface area contributed by atoms with Crippen molar-refractivity contribution in [3.63, 3.8) is 0 Å². The van der Waals surface area contributed by atoms with Crippen LogP contribution < -0.4 is 5.32 Å². The Kier molecular flexibility index (Phi) is 2.20. The molecule has 1 saturated carbocycles. The van der Waals surface area contributed by atoms with Crippen molar-refractivity contribution in [2.24, 2.45) is 10.9 Å². The lowest BCUT2D eigenvalue weighted by Gasteiger charge is -2.14. The van der Waals surface area contributed by atoms with Gasteiger partial charge in [-0.25, -0.2) is 0 Å². The van der Waals surface area contributed by atoms with Crippen molar-refractivity contribution < 1.29 is 0 Å². The smallest absolute Gasteiger partial charge is 0.100 e. The van der Waals surface area contributed by atoms with E-state index in [0.717, 1.165) is 19.0 Å². The Hall–Kier alpha value is -1.31. The van der Waals surface area contributed by atoms with Gasteiger partial charge in [-0.05, 0) is 24.3 Å². The minimum absolute atomic E-state index is 0.674. The average Bonchev–Trinajstić information content (AvgIpc) is 3.11. The number of aliphatic imine (C=N–C) groups is 1. The Morgan fingerprint density at radius 2 is 2.00 bits per heavy atom. The fourth-order valence-electron chi connectivity index (χ4n) is 2.37. The van der Waals surface area contributed by atoms with E-state index in [1.54, 1.807) is 0 Å². The molecule has 1 aromatic carbocycles. The number of amidine groups is 1. The Morgan fingerprint density at radius 1 is 1.13 bits per heavy atom. The maximum absolute atomic E-state index is 4.57. The van der Waals surface area contributed by atoms with E-state index in [4.69, 9.17) is 0 Å². The van der Waals surface area contributed by atoms with Crippen LogP contribution in [0.4, 0.5) is 0 Å². The molecule has 1 fully saturated rings. The van der Waals surface area contributed by atoms with Crippen molar-refractivity contribution >= 4 is 5.84 Å². The summed E-state index contributed by atoms with van der Waals surface area (Å²) >= 11 is 0. The van der Waals surface area contributed by atoms with Crippen LogP contribution in [0.25, 0.3) is 0 Å². The van der Waals surface area contributed by atoms with E-state index in [1.807, 2.05) is 0 Å². The first kappa shape index (κ1) is 8.96. The van der Waals surface area contributed by atoms with Crippen LogP contribution in [0.3, 0.4) is 0 Å². The zero-order valence-corrected chi connectivity index (χ0v) is 8.82. The van der Waals surface area contributed by atoms with Crippen LogP contribution in [0.15, 0.2) is 35.3 Å². The molecule has 1 N–H and O–H groups in total. The van der Waals surface area contributed by atoms with Gasteiger partial charge < -0.3 is 5.32 Å². The first-order chi connectivity index (χ1) is 7.45. The highest BCUT2D eigenvalue weighted by Crippen LogP contribution is 2.47. The molecule has 0 radical (unpaired) electrons. The molecular weight excluding hydrogens is 184 g/mol. The van der Waals surface area contributed by atoms with Crippen LogP contribution in [-0.4, -0.2) is 18.9 Å².